The van der Waals surface area contributed by atoms with E-state index in [9.17, 15) is 19.5 Å². The molecule has 4 rings (SSSR count). The summed E-state index contributed by atoms with van der Waals surface area (Å²) in [6.07, 6.45) is 4.75. The number of ether oxygens (including phenoxy) is 1. The molecule has 2 aliphatic heterocycles. The van der Waals surface area contributed by atoms with Gasteiger partial charge in [-0.1, -0.05) is 38.1 Å². The maximum absolute atomic E-state index is 13.8. The highest BCUT2D eigenvalue weighted by atomic mass is 16.5. The van der Waals surface area contributed by atoms with Crippen LogP contribution in [0.5, 0.6) is 5.75 Å². The summed E-state index contributed by atoms with van der Waals surface area (Å²) >= 11 is 0. The van der Waals surface area contributed by atoms with Crippen molar-refractivity contribution in [2.45, 2.75) is 45.3 Å². The molecule has 2 fully saturated rings. The van der Waals surface area contributed by atoms with Crippen LogP contribution in [-0.2, 0) is 25.5 Å². The van der Waals surface area contributed by atoms with E-state index >= 15 is 0 Å². The Labute approximate surface area is 187 Å². The average molecular weight is 439 g/mol. The summed E-state index contributed by atoms with van der Waals surface area (Å²) < 4.78 is 5.57. The van der Waals surface area contributed by atoms with Gasteiger partial charge in [-0.15, -0.1) is 0 Å². The van der Waals surface area contributed by atoms with E-state index in [0.717, 1.165) is 18.5 Å². The summed E-state index contributed by atoms with van der Waals surface area (Å²) in [5, 5.41) is 9.83. The highest BCUT2D eigenvalue weighted by Gasteiger charge is 2.47. The molecule has 3 atom stereocenters. The van der Waals surface area contributed by atoms with Crippen LogP contribution in [0, 0.1) is 11.3 Å². The van der Waals surface area contributed by atoms with Crippen LogP contribution in [0.1, 0.15) is 32.3 Å². The van der Waals surface area contributed by atoms with Crippen molar-refractivity contribution in [3.63, 3.8) is 0 Å². The summed E-state index contributed by atoms with van der Waals surface area (Å²) in [5.74, 6) is -0.734. The van der Waals surface area contributed by atoms with E-state index in [1.807, 2.05) is 19.9 Å². The molecule has 32 heavy (non-hydrogen) atoms. The molecular formula is C25H30N2O5. The lowest BCUT2D eigenvalue weighted by Gasteiger charge is -2.33. The molecule has 2 saturated heterocycles. The number of carbonyl (C=O) groups is 3. The Hall–Kier alpha value is -2.77. The van der Waals surface area contributed by atoms with E-state index < -0.39 is 11.3 Å². The van der Waals surface area contributed by atoms with Gasteiger partial charge in [-0.2, -0.15) is 0 Å². The summed E-state index contributed by atoms with van der Waals surface area (Å²) in [4.78, 5) is 40.8. The van der Waals surface area contributed by atoms with Crippen molar-refractivity contribution in [2.75, 3.05) is 19.7 Å². The summed E-state index contributed by atoms with van der Waals surface area (Å²) in [6, 6.07) is 6.29. The van der Waals surface area contributed by atoms with Crippen molar-refractivity contribution in [2.24, 2.45) is 17.1 Å². The number of benzene rings is 1. The first-order valence-electron chi connectivity index (χ1n) is 11.2. The van der Waals surface area contributed by atoms with E-state index in [4.69, 9.17) is 10.5 Å². The zero-order valence-corrected chi connectivity index (χ0v) is 18.5. The molecule has 0 saturated carbocycles. The lowest BCUT2D eigenvalue weighted by Crippen LogP contribution is -2.47. The summed E-state index contributed by atoms with van der Waals surface area (Å²) in [5.41, 5.74) is 6.45. The van der Waals surface area contributed by atoms with Gasteiger partial charge in [0.2, 0.25) is 5.91 Å². The van der Waals surface area contributed by atoms with Gasteiger partial charge >= 0.3 is 0 Å². The van der Waals surface area contributed by atoms with E-state index in [1.54, 1.807) is 30.3 Å². The first-order valence-corrected chi connectivity index (χ1v) is 11.2. The van der Waals surface area contributed by atoms with Crippen LogP contribution in [0.25, 0.3) is 0 Å². The molecule has 1 aromatic carbocycles. The number of aromatic hydroxyl groups is 1. The molecule has 3 N–H and O–H groups in total. The fraction of sp³-hybridized carbons (Fsp3) is 0.480. The molecule has 0 bridgehead atoms. The standard InChI is InChI=1S/C25H30N2O5/c1-15(2)18-6-9-25(24(26)31,13-16-4-3-5-17(28)12-16)23(30)19(18)7-10-27-11-8-21-22(27)20(29)14-32-21/h3-6,9,12,15,21-22,28H,7-8,10-11,13-14H2,1-2H3,(H2,26,31). The number of hydrogen-bond donors (Lipinski definition) is 2. The van der Waals surface area contributed by atoms with E-state index in [2.05, 4.69) is 4.90 Å². The SMILES string of the molecule is CC(C)C1=C(CCN2CCC3OCC(=O)C32)C(=O)C(Cc2cccc(O)c2)(C(N)=O)C=C1. The topological polar surface area (TPSA) is 110 Å². The molecule has 1 aliphatic carbocycles. The van der Waals surface area contributed by atoms with Gasteiger partial charge in [0.15, 0.2) is 11.6 Å². The van der Waals surface area contributed by atoms with Crippen molar-refractivity contribution in [1.82, 2.24) is 4.90 Å². The molecule has 1 aromatic rings. The molecule has 7 nitrogen and oxygen atoms in total. The van der Waals surface area contributed by atoms with Gasteiger partial charge < -0.3 is 15.6 Å². The fourth-order valence-corrected chi connectivity index (χ4v) is 5.21. The number of likely N-dealkylation sites (tertiary alicyclic amines) is 1. The first kappa shape index (κ1) is 22.4. The van der Waals surface area contributed by atoms with Gasteiger partial charge in [-0.3, -0.25) is 19.3 Å². The normalized spacial score (nSPS) is 28.1. The Balaban J connectivity index is 1.61. The minimum absolute atomic E-state index is 0.0570. The van der Waals surface area contributed by atoms with Crippen LogP contribution in [0.4, 0.5) is 0 Å². The zero-order chi connectivity index (χ0) is 23.0. The van der Waals surface area contributed by atoms with Gasteiger partial charge in [0.05, 0.1) is 12.1 Å². The van der Waals surface area contributed by atoms with Gasteiger partial charge in [-0.25, -0.2) is 0 Å². The minimum Gasteiger partial charge on any atom is -0.508 e. The van der Waals surface area contributed by atoms with Crippen molar-refractivity contribution in [3.05, 3.63) is 53.1 Å². The van der Waals surface area contributed by atoms with Crippen LogP contribution >= 0.6 is 0 Å². The van der Waals surface area contributed by atoms with Crippen LogP contribution in [0.2, 0.25) is 0 Å². The van der Waals surface area contributed by atoms with Gasteiger partial charge in [-0.05, 0) is 48.4 Å². The molecular weight excluding hydrogens is 408 g/mol. The second-order valence-corrected chi connectivity index (χ2v) is 9.27. The summed E-state index contributed by atoms with van der Waals surface area (Å²) in [6.45, 7) is 5.48. The number of fused-ring (bicyclic) bond motifs is 1. The predicted octanol–water partition coefficient (Wildman–Crippen LogP) is 1.93. The first-order chi connectivity index (χ1) is 15.2. The number of amides is 1. The van der Waals surface area contributed by atoms with E-state index in [1.165, 1.54) is 0 Å². The lowest BCUT2D eigenvalue weighted by atomic mass is 9.69. The highest BCUT2D eigenvalue weighted by Crippen LogP contribution is 2.39. The Kier molecular flexibility index (Phi) is 6.05. The fourth-order valence-electron chi connectivity index (χ4n) is 5.21. The second kappa shape index (κ2) is 8.64. The number of nitrogens with two attached hydrogens (primary N) is 1. The van der Waals surface area contributed by atoms with Gasteiger partial charge in [0.25, 0.3) is 0 Å². The number of hydrogen-bond acceptors (Lipinski definition) is 6. The molecule has 3 unspecified atom stereocenters. The number of primary amides is 1. The number of phenolic OH excluding ortho intramolecular Hbond substituents is 1. The molecule has 0 aromatic heterocycles. The smallest absolute Gasteiger partial charge is 0.235 e. The van der Waals surface area contributed by atoms with Crippen LogP contribution in [0.15, 0.2) is 47.6 Å². The van der Waals surface area contributed by atoms with Gasteiger partial charge in [0.1, 0.15) is 17.8 Å². The third-order valence-electron chi connectivity index (χ3n) is 6.90. The van der Waals surface area contributed by atoms with Crippen molar-refractivity contribution < 1.29 is 24.2 Å². The maximum Gasteiger partial charge on any atom is 0.235 e. The third-order valence-corrected chi connectivity index (χ3v) is 6.90. The number of allylic oxidation sites excluding steroid dienone is 2. The van der Waals surface area contributed by atoms with Crippen LogP contribution in [0.3, 0.4) is 0 Å². The number of Topliss-reactive ketones (excluding diaryl/α,β-unsaturated/α-hetero) is 2. The average Bonchev–Trinajstić information content (AvgIpc) is 3.31. The zero-order valence-electron chi connectivity index (χ0n) is 18.5. The molecule has 0 spiro atoms. The molecule has 2 heterocycles. The van der Waals surface area contributed by atoms with Crippen molar-refractivity contribution in [1.29, 1.82) is 0 Å². The lowest BCUT2D eigenvalue weighted by molar-refractivity contribution is -0.135. The number of ketones is 2. The highest BCUT2D eigenvalue weighted by molar-refractivity contribution is 6.16. The van der Waals surface area contributed by atoms with E-state index in [0.29, 0.717) is 24.1 Å². The van der Waals surface area contributed by atoms with Crippen LogP contribution in [-0.4, -0.2) is 59.3 Å². The number of rotatable bonds is 7. The largest absolute Gasteiger partial charge is 0.508 e. The summed E-state index contributed by atoms with van der Waals surface area (Å²) in [7, 11) is 0. The Bertz CT molecular complexity index is 1010. The van der Waals surface area contributed by atoms with Crippen LogP contribution < -0.4 is 5.73 Å². The monoisotopic (exact) mass is 438 g/mol. The molecule has 0 radical (unpaired) electrons. The number of carbonyl (C=O) groups excluding carboxylic acids is 3. The number of phenols is 1. The van der Waals surface area contributed by atoms with E-state index in [-0.39, 0.29) is 48.4 Å². The molecule has 170 valence electrons. The molecule has 1 amide bonds. The Morgan fingerprint density at radius 3 is 2.81 bits per heavy atom. The Morgan fingerprint density at radius 2 is 2.12 bits per heavy atom. The molecule has 7 heteroatoms. The van der Waals surface area contributed by atoms with Crippen molar-refractivity contribution >= 4 is 17.5 Å². The second-order valence-electron chi connectivity index (χ2n) is 9.27. The third kappa shape index (κ3) is 3.91. The Morgan fingerprint density at radius 1 is 1.34 bits per heavy atom. The maximum atomic E-state index is 13.8. The molecule has 3 aliphatic rings. The quantitative estimate of drug-likeness (QED) is 0.630. The number of nitrogens with zero attached hydrogens (tertiary/aromatic N) is 1. The van der Waals surface area contributed by atoms with Crippen molar-refractivity contribution in [3.8, 4) is 5.75 Å². The van der Waals surface area contributed by atoms with Gasteiger partial charge in [0, 0.05) is 18.7 Å². The minimum atomic E-state index is -1.50. The predicted molar refractivity (Wildman–Crippen MR) is 119 cm³/mol.